The van der Waals surface area contributed by atoms with Gasteiger partial charge in [-0.05, 0) is 29.0 Å². The average Bonchev–Trinajstić information content (AvgIpc) is 2.84. The Morgan fingerprint density at radius 1 is 0.706 bits per heavy atom. The highest BCUT2D eigenvalue weighted by molar-refractivity contribution is 7.80. The molecule has 2 N–H and O–H groups in total. The van der Waals surface area contributed by atoms with E-state index >= 15 is 0 Å². The third-order valence-corrected chi connectivity index (χ3v) is 5.79. The highest BCUT2D eigenvalue weighted by Crippen LogP contribution is 2.28. The maximum absolute atomic E-state index is 13.2. The molecule has 8 heteroatoms. The van der Waals surface area contributed by atoms with Crippen LogP contribution in [0.25, 0.3) is 11.1 Å². The van der Waals surface area contributed by atoms with E-state index in [2.05, 4.69) is 10.6 Å². The number of ether oxygens (including phenoxy) is 2. The van der Waals surface area contributed by atoms with Crippen molar-refractivity contribution in [1.29, 1.82) is 0 Å². The minimum Gasteiger partial charge on any atom is -0.467 e. The minimum atomic E-state index is -0.782. The van der Waals surface area contributed by atoms with Crippen LogP contribution >= 0.6 is 12.2 Å². The number of rotatable bonds is 9. The second-order valence-corrected chi connectivity index (χ2v) is 8.94. The quantitative estimate of drug-likeness (QED) is 0.414. The third kappa shape index (κ3) is 6.41. The Morgan fingerprint density at radius 3 is 1.59 bits per heavy atom. The molecule has 0 unspecified atom stereocenters. The van der Waals surface area contributed by atoms with Crippen molar-refractivity contribution in [3.05, 3.63) is 59.7 Å². The van der Waals surface area contributed by atoms with E-state index < -0.39 is 29.9 Å². The Balaban J connectivity index is 2.46. The fourth-order valence-corrected chi connectivity index (χ4v) is 3.82. The lowest BCUT2D eigenvalue weighted by molar-refractivity contribution is -0.144. The van der Waals surface area contributed by atoms with Crippen molar-refractivity contribution in [2.45, 2.75) is 39.8 Å². The molecule has 1 amide bonds. The Bertz CT molecular complexity index is 967. The van der Waals surface area contributed by atoms with Gasteiger partial charge >= 0.3 is 11.9 Å². The molecular formula is C26H32N2O5S. The molecule has 2 atom stereocenters. The van der Waals surface area contributed by atoms with Crippen molar-refractivity contribution in [2.75, 3.05) is 14.2 Å². The smallest absolute Gasteiger partial charge is 0.328 e. The lowest BCUT2D eigenvalue weighted by Gasteiger charge is -2.23. The molecule has 0 radical (unpaired) electrons. The van der Waals surface area contributed by atoms with Gasteiger partial charge in [-0.1, -0.05) is 82.4 Å². The van der Waals surface area contributed by atoms with E-state index in [-0.39, 0.29) is 11.8 Å². The fraction of sp³-hybridized carbons (Fsp3) is 0.385. The summed E-state index contributed by atoms with van der Waals surface area (Å²) in [5.74, 6) is -1.52. The molecule has 2 aromatic carbocycles. The van der Waals surface area contributed by atoms with Crippen LogP contribution in [0.3, 0.4) is 0 Å². The summed E-state index contributed by atoms with van der Waals surface area (Å²) in [6.07, 6.45) is 0. The summed E-state index contributed by atoms with van der Waals surface area (Å²) in [5.41, 5.74) is 2.42. The molecule has 2 aromatic rings. The van der Waals surface area contributed by atoms with E-state index in [1.165, 1.54) is 14.2 Å². The number of carbonyl (C=O) groups is 3. The minimum absolute atomic E-state index is 0.0538. The van der Waals surface area contributed by atoms with Gasteiger partial charge in [-0.15, -0.1) is 0 Å². The first-order valence-corrected chi connectivity index (χ1v) is 11.5. The zero-order chi connectivity index (χ0) is 25.4. The number of hydrogen-bond donors (Lipinski definition) is 2. The maximum Gasteiger partial charge on any atom is 0.328 e. The third-order valence-electron chi connectivity index (χ3n) is 5.45. The summed E-state index contributed by atoms with van der Waals surface area (Å²) in [6, 6.07) is 13.1. The van der Waals surface area contributed by atoms with Crippen LogP contribution in [0.1, 0.15) is 43.6 Å². The first-order valence-electron chi connectivity index (χ1n) is 11.1. The number of thiocarbonyl (C=S) groups is 1. The molecule has 0 fully saturated rings. The van der Waals surface area contributed by atoms with Crippen LogP contribution in [0, 0.1) is 11.8 Å². The first kappa shape index (κ1) is 27.0. The van der Waals surface area contributed by atoms with Gasteiger partial charge in [-0.2, -0.15) is 0 Å². The summed E-state index contributed by atoms with van der Waals surface area (Å²) in [7, 11) is 2.63. The molecule has 0 aromatic heterocycles. The van der Waals surface area contributed by atoms with E-state index in [0.717, 1.165) is 5.56 Å². The second-order valence-electron chi connectivity index (χ2n) is 8.53. The molecule has 34 heavy (non-hydrogen) atoms. The lowest BCUT2D eigenvalue weighted by atomic mass is 9.94. The fourth-order valence-electron chi connectivity index (χ4n) is 3.52. The van der Waals surface area contributed by atoms with Gasteiger partial charge in [0.15, 0.2) is 0 Å². The predicted octanol–water partition coefficient (Wildman–Crippen LogP) is 3.74. The first-order chi connectivity index (χ1) is 16.1. The van der Waals surface area contributed by atoms with Gasteiger partial charge in [0, 0.05) is 11.1 Å². The van der Waals surface area contributed by atoms with E-state index in [4.69, 9.17) is 21.7 Å². The zero-order valence-corrected chi connectivity index (χ0v) is 21.2. The summed E-state index contributed by atoms with van der Waals surface area (Å²) >= 11 is 5.65. The Labute approximate surface area is 206 Å². The van der Waals surface area contributed by atoms with Gasteiger partial charge in [-0.25, -0.2) is 9.59 Å². The predicted molar refractivity (Wildman–Crippen MR) is 135 cm³/mol. The molecular weight excluding hydrogens is 452 g/mol. The Morgan fingerprint density at radius 2 is 1.12 bits per heavy atom. The van der Waals surface area contributed by atoms with Crippen LogP contribution in [0.2, 0.25) is 0 Å². The highest BCUT2D eigenvalue weighted by Gasteiger charge is 2.28. The zero-order valence-electron chi connectivity index (χ0n) is 20.4. The molecule has 0 spiro atoms. The van der Waals surface area contributed by atoms with Gasteiger partial charge in [0.05, 0.1) is 14.2 Å². The number of carbonyl (C=O) groups excluding carboxylic acids is 3. The summed E-state index contributed by atoms with van der Waals surface area (Å²) in [4.78, 5) is 38.0. The van der Waals surface area contributed by atoms with Crippen molar-refractivity contribution >= 4 is 35.1 Å². The maximum atomic E-state index is 13.2. The molecule has 0 saturated carbocycles. The van der Waals surface area contributed by atoms with Crippen LogP contribution in [-0.4, -0.2) is 49.1 Å². The van der Waals surface area contributed by atoms with Crippen LogP contribution in [0.15, 0.2) is 48.5 Å². The molecule has 0 heterocycles. The number of nitrogens with one attached hydrogen (secondary N) is 2. The molecule has 0 aliphatic heterocycles. The van der Waals surface area contributed by atoms with Gasteiger partial charge in [-0.3, -0.25) is 4.79 Å². The van der Waals surface area contributed by atoms with E-state index in [0.29, 0.717) is 21.7 Å². The number of benzene rings is 2. The normalized spacial score (nSPS) is 12.6. The van der Waals surface area contributed by atoms with Crippen molar-refractivity contribution < 1.29 is 23.9 Å². The Kier molecular flexibility index (Phi) is 9.74. The number of methoxy groups -OCH3 is 2. The lowest BCUT2D eigenvalue weighted by Crippen LogP contribution is -2.45. The molecule has 0 aliphatic carbocycles. The highest BCUT2D eigenvalue weighted by atomic mass is 32.1. The van der Waals surface area contributed by atoms with Gasteiger partial charge < -0.3 is 20.1 Å². The van der Waals surface area contributed by atoms with Crippen molar-refractivity contribution in [3.8, 4) is 11.1 Å². The van der Waals surface area contributed by atoms with Crippen molar-refractivity contribution in [3.63, 3.8) is 0 Å². The largest absolute Gasteiger partial charge is 0.467 e. The molecule has 0 bridgehead atoms. The Hall–Kier alpha value is -3.26. The van der Waals surface area contributed by atoms with Crippen LogP contribution < -0.4 is 10.6 Å². The number of hydrogen-bond acceptors (Lipinski definition) is 6. The van der Waals surface area contributed by atoms with E-state index in [1.807, 2.05) is 64.1 Å². The SMILES string of the molecule is COC(=O)[C@@H](NC(=O)c1ccccc1-c1ccccc1C(=S)N[C@H](C(=O)OC)C(C)C)C(C)C. The summed E-state index contributed by atoms with van der Waals surface area (Å²) in [5, 5.41) is 5.90. The van der Waals surface area contributed by atoms with E-state index in [9.17, 15) is 14.4 Å². The van der Waals surface area contributed by atoms with Crippen LogP contribution in [0.5, 0.6) is 0 Å². The summed E-state index contributed by atoms with van der Waals surface area (Å²) in [6.45, 7) is 7.46. The number of amides is 1. The summed E-state index contributed by atoms with van der Waals surface area (Å²) < 4.78 is 9.75. The van der Waals surface area contributed by atoms with Gasteiger partial charge in [0.25, 0.3) is 5.91 Å². The second kappa shape index (κ2) is 12.3. The number of esters is 2. The average molecular weight is 485 g/mol. The van der Waals surface area contributed by atoms with Crippen molar-refractivity contribution in [2.24, 2.45) is 11.8 Å². The monoisotopic (exact) mass is 484 g/mol. The standard InChI is InChI=1S/C26H32N2O5S/c1-15(2)21(25(30)32-5)27-23(29)19-13-9-7-11-17(19)18-12-8-10-14-20(18)24(34)28-22(16(3)4)26(31)33-6/h7-16,21-22H,1-6H3,(H,27,29)(H,28,34)/t21-,22-/m0/s1. The van der Waals surface area contributed by atoms with Crippen LogP contribution in [0.4, 0.5) is 0 Å². The molecule has 182 valence electrons. The van der Waals surface area contributed by atoms with E-state index in [1.54, 1.807) is 12.1 Å². The molecule has 0 saturated heterocycles. The molecule has 7 nitrogen and oxygen atoms in total. The topological polar surface area (TPSA) is 93.7 Å². The van der Waals surface area contributed by atoms with Gasteiger partial charge in [0.1, 0.15) is 17.1 Å². The molecule has 2 rings (SSSR count). The van der Waals surface area contributed by atoms with Gasteiger partial charge in [0.2, 0.25) is 0 Å². The van der Waals surface area contributed by atoms with Crippen molar-refractivity contribution in [1.82, 2.24) is 10.6 Å². The molecule has 0 aliphatic rings. The van der Waals surface area contributed by atoms with Crippen LogP contribution in [-0.2, 0) is 19.1 Å².